The third-order valence-corrected chi connectivity index (χ3v) is 1.54. The van der Waals surface area contributed by atoms with Crippen molar-refractivity contribution in [1.82, 2.24) is 0 Å². The second kappa shape index (κ2) is 4.86. The van der Waals surface area contributed by atoms with Gasteiger partial charge in [-0.3, -0.25) is 0 Å². The summed E-state index contributed by atoms with van der Waals surface area (Å²) >= 11 is 0. The molecule has 1 rings (SSSR count). The highest BCUT2D eigenvalue weighted by molar-refractivity contribution is 5.77. The molecule has 5 N–H and O–H groups in total. The van der Waals surface area contributed by atoms with Gasteiger partial charge in [-0.05, 0) is 24.3 Å². The fourth-order valence-electron chi connectivity index (χ4n) is 0.881. The Bertz CT molecular complexity index is 338. The van der Waals surface area contributed by atoms with E-state index in [1.54, 1.807) is 13.3 Å². The number of hydrogen-bond donors (Lipinski definition) is 3. The Morgan fingerprint density at radius 2 is 2.00 bits per heavy atom. The molecule has 0 spiro atoms. The first kappa shape index (κ1) is 10.0. The average molecular weight is 193 g/mol. The summed E-state index contributed by atoms with van der Waals surface area (Å²) in [5.41, 5.74) is 11.2. The molecular weight excluding hydrogens is 180 g/mol. The monoisotopic (exact) mass is 193 g/mol. The highest BCUT2D eigenvalue weighted by Crippen LogP contribution is 2.08. The van der Waals surface area contributed by atoms with Crippen LogP contribution in [0.25, 0.3) is 0 Å². The van der Waals surface area contributed by atoms with E-state index >= 15 is 0 Å². The van der Waals surface area contributed by atoms with Gasteiger partial charge < -0.3 is 16.2 Å². The predicted molar refractivity (Wildman–Crippen MR) is 54.9 cm³/mol. The fourth-order valence-corrected chi connectivity index (χ4v) is 0.881. The van der Waals surface area contributed by atoms with Crippen LogP contribution in [0.15, 0.2) is 29.4 Å². The minimum atomic E-state index is -0.00485. The molecule has 74 valence electrons. The van der Waals surface area contributed by atoms with E-state index in [1.165, 1.54) is 0 Å². The largest absolute Gasteiger partial charge is 0.497 e. The zero-order valence-corrected chi connectivity index (χ0v) is 7.90. The van der Waals surface area contributed by atoms with Crippen LogP contribution in [-0.4, -0.2) is 19.3 Å². The molecule has 14 heavy (non-hydrogen) atoms. The van der Waals surface area contributed by atoms with Crippen molar-refractivity contribution in [3.8, 4) is 5.75 Å². The maximum absolute atomic E-state index is 5.13. The Kier molecular flexibility index (Phi) is 3.49. The first-order valence-electron chi connectivity index (χ1n) is 4.04. The maximum atomic E-state index is 5.13. The zero-order chi connectivity index (χ0) is 10.4. The number of benzene rings is 1. The molecule has 0 aliphatic rings. The highest BCUT2D eigenvalue weighted by Gasteiger charge is 1.92. The van der Waals surface area contributed by atoms with Gasteiger partial charge in [-0.25, -0.2) is 0 Å². The summed E-state index contributed by atoms with van der Waals surface area (Å²) in [5.74, 6) is 0.804. The van der Waals surface area contributed by atoms with Crippen LogP contribution in [-0.2, 0) is 0 Å². The van der Waals surface area contributed by atoms with E-state index in [4.69, 9.17) is 16.2 Å². The zero-order valence-electron chi connectivity index (χ0n) is 7.90. The first-order valence-corrected chi connectivity index (χ1v) is 4.04. The molecule has 0 aromatic heterocycles. The molecule has 1 aromatic carbocycles. The Morgan fingerprint density at radius 3 is 2.50 bits per heavy atom. The van der Waals surface area contributed by atoms with Gasteiger partial charge in [0.15, 0.2) is 0 Å². The number of rotatable bonds is 3. The molecule has 0 unspecified atom stereocenters. The van der Waals surface area contributed by atoms with Crippen molar-refractivity contribution in [2.75, 3.05) is 7.11 Å². The lowest BCUT2D eigenvalue weighted by Gasteiger charge is -1.96. The van der Waals surface area contributed by atoms with Gasteiger partial charge in [0.05, 0.1) is 7.11 Å². The van der Waals surface area contributed by atoms with Crippen LogP contribution in [0.2, 0.25) is 0 Å². The Labute approximate surface area is 82.1 Å². The van der Waals surface area contributed by atoms with Gasteiger partial charge in [0, 0.05) is 10.7 Å². The number of nitrogens with two attached hydrogens (primary N) is 2. The standard InChI is InChI=1S/C9H12N4O/c1-14-8-4-2-7(3-5-8)6-12-13-9(10)11/h2-6H,1H3,(H4,10,11,13)/p+1/b12-6+. The average Bonchev–Trinajstić information content (AvgIpc) is 2.18. The number of guanidine groups is 1. The molecule has 0 bridgehead atoms. The van der Waals surface area contributed by atoms with Crippen molar-refractivity contribution in [2.24, 2.45) is 16.6 Å². The van der Waals surface area contributed by atoms with Crippen LogP contribution in [0, 0.1) is 0 Å². The molecule has 5 heteroatoms. The van der Waals surface area contributed by atoms with Crippen LogP contribution in [0.1, 0.15) is 5.56 Å². The molecule has 0 aliphatic carbocycles. The van der Waals surface area contributed by atoms with E-state index in [9.17, 15) is 0 Å². The molecule has 0 saturated carbocycles. The van der Waals surface area contributed by atoms with Crippen molar-refractivity contribution in [3.63, 3.8) is 0 Å². The van der Waals surface area contributed by atoms with E-state index in [1.807, 2.05) is 24.3 Å². The van der Waals surface area contributed by atoms with Gasteiger partial charge in [0.2, 0.25) is 6.21 Å². The van der Waals surface area contributed by atoms with Gasteiger partial charge >= 0.3 is 0 Å². The molecule has 0 atom stereocenters. The number of hydrogen-bond acceptors (Lipinski definition) is 2. The van der Waals surface area contributed by atoms with Gasteiger partial charge in [0.1, 0.15) is 5.75 Å². The van der Waals surface area contributed by atoms with Crippen LogP contribution < -0.4 is 21.3 Å². The maximum Gasteiger partial charge on any atom is 0.256 e. The summed E-state index contributed by atoms with van der Waals surface area (Å²) in [6.07, 6.45) is 1.68. The Hall–Kier alpha value is -2.04. The number of nitrogens with one attached hydrogen (secondary N) is 1. The quantitative estimate of drug-likeness (QED) is 0.306. The lowest BCUT2D eigenvalue weighted by atomic mass is 10.2. The van der Waals surface area contributed by atoms with E-state index in [-0.39, 0.29) is 5.96 Å². The highest BCUT2D eigenvalue weighted by atomic mass is 16.5. The van der Waals surface area contributed by atoms with Gasteiger partial charge in [0.25, 0.3) is 5.96 Å². The lowest BCUT2D eigenvalue weighted by molar-refractivity contribution is -0.456. The van der Waals surface area contributed by atoms with E-state index in [0.717, 1.165) is 11.3 Å². The van der Waals surface area contributed by atoms with Crippen LogP contribution in [0.3, 0.4) is 0 Å². The Balaban J connectivity index is 2.69. The molecule has 0 heterocycles. The van der Waals surface area contributed by atoms with Crippen molar-refractivity contribution in [2.45, 2.75) is 0 Å². The van der Waals surface area contributed by atoms with E-state index in [0.29, 0.717) is 0 Å². The molecule has 0 saturated heterocycles. The molecule has 0 amide bonds. The number of hydrazone groups is 1. The van der Waals surface area contributed by atoms with E-state index in [2.05, 4.69) is 10.2 Å². The van der Waals surface area contributed by atoms with Gasteiger partial charge in [-0.2, -0.15) is 0 Å². The van der Waals surface area contributed by atoms with Crippen LogP contribution >= 0.6 is 0 Å². The molecule has 0 aliphatic heterocycles. The van der Waals surface area contributed by atoms with Crippen molar-refractivity contribution < 1.29 is 9.84 Å². The minimum absolute atomic E-state index is 0.00485. The molecule has 1 aromatic rings. The van der Waals surface area contributed by atoms with Crippen LogP contribution in [0.5, 0.6) is 5.75 Å². The van der Waals surface area contributed by atoms with Crippen molar-refractivity contribution >= 4 is 12.2 Å². The molecule has 0 radical (unpaired) electrons. The molecule has 0 fully saturated rings. The smallest absolute Gasteiger partial charge is 0.256 e. The summed E-state index contributed by atoms with van der Waals surface area (Å²) < 4.78 is 5.01. The second-order valence-corrected chi connectivity index (χ2v) is 2.58. The SMILES string of the molecule is COc1ccc(/C=[NH+]/N=C(N)N)cc1. The minimum Gasteiger partial charge on any atom is -0.497 e. The van der Waals surface area contributed by atoms with Crippen LogP contribution in [0.4, 0.5) is 0 Å². The summed E-state index contributed by atoms with van der Waals surface area (Å²) in [7, 11) is 1.62. The summed E-state index contributed by atoms with van der Waals surface area (Å²) in [4.78, 5) is 0. The Morgan fingerprint density at radius 1 is 1.36 bits per heavy atom. The number of nitrogens with zero attached hydrogens (tertiary/aromatic N) is 1. The first-order chi connectivity index (χ1) is 6.72. The summed E-state index contributed by atoms with van der Waals surface area (Å²) in [6, 6.07) is 7.47. The third-order valence-electron chi connectivity index (χ3n) is 1.54. The van der Waals surface area contributed by atoms with Gasteiger partial charge in [-0.1, -0.05) is 0 Å². The summed E-state index contributed by atoms with van der Waals surface area (Å²) in [6.45, 7) is 0. The van der Waals surface area contributed by atoms with Crippen molar-refractivity contribution in [3.05, 3.63) is 29.8 Å². The number of methoxy groups -OCH3 is 1. The van der Waals surface area contributed by atoms with E-state index < -0.39 is 0 Å². The predicted octanol–water partition coefficient (Wildman–Crippen LogP) is -1.62. The number of ether oxygens (including phenoxy) is 1. The third kappa shape index (κ3) is 3.14. The van der Waals surface area contributed by atoms with Crippen molar-refractivity contribution in [1.29, 1.82) is 0 Å². The molecule has 5 nitrogen and oxygen atoms in total. The normalized spacial score (nSPS) is 10.1. The lowest BCUT2D eigenvalue weighted by Crippen LogP contribution is -2.63. The molecular formula is C9H13N4O+. The summed E-state index contributed by atoms with van der Waals surface area (Å²) in [5, 5.41) is 6.21. The topological polar surface area (TPSA) is 87.6 Å². The second-order valence-electron chi connectivity index (χ2n) is 2.58. The fraction of sp³-hybridized carbons (Fsp3) is 0.111. The van der Waals surface area contributed by atoms with Gasteiger partial charge in [-0.15, -0.1) is 5.10 Å².